The molecular weight excluding hydrogens is 655 g/mol. The van der Waals surface area contributed by atoms with Gasteiger partial charge >= 0.3 is 12.1 Å². The molecule has 0 fully saturated rings. The number of para-hydroxylation sites is 1. The van der Waals surface area contributed by atoms with Crippen molar-refractivity contribution in [1.29, 1.82) is 0 Å². The number of benzene rings is 2. The smallest absolute Gasteiger partial charge is 0.475 e. The molecule has 0 atom stereocenters. The Morgan fingerprint density at radius 1 is 1.00 bits per heavy atom. The summed E-state index contributed by atoms with van der Waals surface area (Å²) >= 11 is 0. The standard InChI is InChI=1S/C31H36F2N6O3.C2HF3O2/c1-5-38(6-2)17-8-15-35-31-36-27(23-19-21(12-11-20(23)3)30(41)34-16-18-42-4)22-13-14-26(40)39(29(22)37-31)28-24(32)9-7-10-25(28)33;3-2(4,5)1(6)7/h7,9-14,19H,5-6,8,15-18H2,1-4H3,(H,34,41)(H,35,36,37);(H,6,7). The minimum atomic E-state index is -5.08. The van der Waals surface area contributed by atoms with Crippen LogP contribution in [0.15, 0.2) is 53.3 Å². The van der Waals surface area contributed by atoms with Crippen LogP contribution in [0.3, 0.4) is 0 Å². The number of methoxy groups -OCH3 is 1. The number of anilines is 1. The maximum Gasteiger partial charge on any atom is 0.490 e. The predicted molar refractivity (Wildman–Crippen MR) is 174 cm³/mol. The SMILES string of the molecule is CCN(CC)CCCNc1nc(-c2cc(C(=O)NCCOC)ccc2C)c2ccc(=O)n(-c3c(F)cccc3F)c2n1.O=C(O)C(F)(F)F. The summed E-state index contributed by atoms with van der Waals surface area (Å²) in [6.07, 6.45) is -4.28. The number of nitrogens with one attached hydrogen (secondary N) is 2. The van der Waals surface area contributed by atoms with Gasteiger partial charge in [-0.25, -0.2) is 18.6 Å². The Bertz CT molecular complexity index is 1810. The Morgan fingerprint density at radius 3 is 2.24 bits per heavy atom. The van der Waals surface area contributed by atoms with Gasteiger partial charge in [-0.15, -0.1) is 0 Å². The van der Waals surface area contributed by atoms with Crippen LogP contribution in [0.25, 0.3) is 28.0 Å². The molecule has 0 aliphatic heterocycles. The van der Waals surface area contributed by atoms with E-state index in [1.807, 2.05) is 6.92 Å². The van der Waals surface area contributed by atoms with Crippen molar-refractivity contribution in [2.45, 2.75) is 33.4 Å². The van der Waals surface area contributed by atoms with Crippen molar-refractivity contribution in [3.63, 3.8) is 0 Å². The summed E-state index contributed by atoms with van der Waals surface area (Å²) in [4.78, 5) is 46.5. The summed E-state index contributed by atoms with van der Waals surface area (Å²) in [6, 6.07) is 11.4. The largest absolute Gasteiger partial charge is 0.490 e. The molecule has 0 bridgehead atoms. The highest BCUT2D eigenvalue weighted by Gasteiger charge is 2.38. The number of nitrogens with zero attached hydrogens (tertiary/aromatic N) is 4. The average Bonchev–Trinajstić information content (AvgIpc) is 3.05. The Hall–Kier alpha value is -4.96. The highest BCUT2D eigenvalue weighted by atomic mass is 19.4. The number of hydrogen-bond acceptors (Lipinski definition) is 8. The molecule has 0 saturated heterocycles. The van der Waals surface area contributed by atoms with Crippen LogP contribution in [0.2, 0.25) is 0 Å². The predicted octanol–water partition coefficient (Wildman–Crippen LogP) is 5.19. The van der Waals surface area contributed by atoms with Crippen LogP contribution >= 0.6 is 0 Å². The van der Waals surface area contributed by atoms with E-state index < -0.39 is 35.0 Å². The lowest BCUT2D eigenvalue weighted by Crippen LogP contribution is -2.27. The van der Waals surface area contributed by atoms with Crippen LogP contribution in [-0.2, 0) is 9.53 Å². The van der Waals surface area contributed by atoms with E-state index in [1.165, 1.54) is 18.2 Å². The topological polar surface area (TPSA) is 139 Å². The third-order valence-electron chi connectivity index (χ3n) is 7.33. The first kappa shape index (κ1) is 38.5. The van der Waals surface area contributed by atoms with Gasteiger partial charge in [0.05, 0.1) is 12.3 Å². The van der Waals surface area contributed by atoms with Crippen LogP contribution in [-0.4, -0.2) is 89.0 Å². The number of amides is 1. The molecule has 2 aromatic heterocycles. The average molecular weight is 693 g/mol. The number of carboxylic acids is 1. The zero-order valence-corrected chi connectivity index (χ0v) is 27.3. The fourth-order valence-corrected chi connectivity index (χ4v) is 4.75. The molecule has 2 heterocycles. The summed E-state index contributed by atoms with van der Waals surface area (Å²) in [5, 5.41) is 13.6. The molecule has 0 aliphatic rings. The normalized spacial score (nSPS) is 11.3. The van der Waals surface area contributed by atoms with Gasteiger partial charge in [-0.05, 0) is 68.9 Å². The molecule has 4 rings (SSSR count). The van der Waals surface area contributed by atoms with Gasteiger partial charge in [0.25, 0.3) is 11.5 Å². The number of fused-ring (bicyclic) bond motifs is 1. The van der Waals surface area contributed by atoms with Gasteiger partial charge in [0.2, 0.25) is 5.95 Å². The first-order chi connectivity index (χ1) is 23.2. The second kappa shape index (κ2) is 17.4. The number of ether oxygens (including phenoxy) is 1. The number of halogens is 5. The lowest BCUT2D eigenvalue weighted by atomic mass is 9.99. The molecule has 0 unspecified atom stereocenters. The number of aliphatic carboxylic acids is 1. The molecular formula is C33H37F5N6O5. The van der Waals surface area contributed by atoms with Crippen molar-refractivity contribution in [2.24, 2.45) is 0 Å². The van der Waals surface area contributed by atoms with Gasteiger partial charge in [0.1, 0.15) is 17.3 Å². The van der Waals surface area contributed by atoms with E-state index in [9.17, 15) is 31.5 Å². The van der Waals surface area contributed by atoms with Crippen LogP contribution in [0, 0.1) is 18.6 Å². The molecule has 3 N–H and O–H groups in total. The van der Waals surface area contributed by atoms with E-state index in [0.717, 1.165) is 48.3 Å². The Kier molecular flexibility index (Phi) is 13.7. The van der Waals surface area contributed by atoms with E-state index in [4.69, 9.17) is 19.6 Å². The number of carbonyl (C=O) groups excluding carboxylic acids is 1. The van der Waals surface area contributed by atoms with Crippen molar-refractivity contribution in [3.05, 3.63) is 81.6 Å². The Morgan fingerprint density at radius 2 is 1.65 bits per heavy atom. The van der Waals surface area contributed by atoms with Crippen molar-refractivity contribution < 1.29 is 41.4 Å². The van der Waals surface area contributed by atoms with E-state index >= 15 is 0 Å². The summed E-state index contributed by atoms with van der Waals surface area (Å²) in [6.45, 7) is 10.1. The van der Waals surface area contributed by atoms with Gasteiger partial charge in [-0.1, -0.05) is 26.0 Å². The summed E-state index contributed by atoms with van der Waals surface area (Å²) in [5.41, 5.74) is 1.12. The lowest BCUT2D eigenvalue weighted by Gasteiger charge is -2.18. The Balaban J connectivity index is 0.000000838. The zero-order valence-electron chi connectivity index (χ0n) is 27.3. The number of hydrogen-bond donors (Lipinski definition) is 3. The van der Waals surface area contributed by atoms with Crippen molar-refractivity contribution in [3.8, 4) is 16.9 Å². The molecule has 16 heteroatoms. The van der Waals surface area contributed by atoms with Crippen molar-refractivity contribution in [1.82, 2.24) is 24.8 Å². The minimum absolute atomic E-state index is 0.0390. The lowest BCUT2D eigenvalue weighted by molar-refractivity contribution is -0.192. The summed E-state index contributed by atoms with van der Waals surface area (Å²) in [7, 11) is 1.55. The number of aryl methyl sites for hydroxylation is 1. The number of aromatic nitrogens is 3. The second-order valence-electron chi connectivity index (χ2n) is 10.6. The first-order valence-electron chi connectivity index (χ1n) is 15.3. The first-order valence-corrected chi connectivity index (χ1v) is 15.3. The van der Waals surface area contributed by atoms with Crippen LogP contribution in [0.5, 0.6) is 0 Å². The maximum absolute atomic E-state index is 15.0. The van der Waals surface area contributed by atoms with Crippen molar-refractivity contribution >= 4 is 28.9 Å². The van der Waals surface area contributed by atoms with Gasteiger partial charge in [0, 0.05) is 42.8 Å². The molecule has 0 radical (unpaired) electrons. The molecule has 1 amide bonds. The highest BCUT2D eigenvalue weighted by Crippen LogP contribution is 2.31. The summed E-state index contributed by atoms with van der Waals surface area (Å²) in [5.74, 6) is -4.64. The minimum Gasteiger partial charge on any atom is -0.475 e. The van der Waals surface area contributed by atoms with E-state index in [-0.39, 0.29) is 17.5 Å². The van der Waals surface area contributed by atoms with Gasteiger partial charge in [-0.2, -0.15) is 18.2 Å². The third-order valence-corrected chi connectivity index (χ3v) is 7.33. The molecule has 11 nitrogen and oxygen atoms in total. The zero-order chi connectivity index (χ0) is 36.3. The molecule has 0 saturated carbocycles. The van der Waals surface area contributed by atoms with Gasteiger partial charge in [0.15, 0.2) is 5.65 Å². The second-order valence-corrected chi connectivity index (χ2v) is 10.6. The number of rotatable bonds is 13. The molecule has 2 aromatic carbocycles. The van der Waals surface area contributed by atoms with Gasteiger partial charge < -0.3 is 25.4 Å². The third kappa shape index (κ3) is 10.0. The van der Waals surface area contributed by atoms with E-state index in [0.29, 0.717) is 41.9 Å². The fourth-order valence-electron chi connectivity index (χ4n) is 4.75. The van der Waals surface area contributed by atoms with Crippen LogP contribution in [0.1, 0.15) is 36.2 Å². The number of carbonyl (C=O) groups is 2. The molecule has 4 aromatic rings. The monoisotopic (exact) mass is 692 g/mol. The van der Waals surface area contributed by atoms with Crippen LogP contribution < -0.4 is 16.2 Å². The number of carboxylic acid groups (broad SMARTS) is 1. The highest BCUT2D eigenvalue weighted by molar-refractivity contribution is 5.98. The quantitative estimate of drug-likeness (QED) is 0.128. The van der Waals surface area contributed by atoms with Crippen LogP contribution in [0.4, 0.5) is 27.9 Å². The number of pyridine rings is 1. The molecule has 0 aliphatic carbocycles. The van der Waals surface area contributed by atoms with Gasteiger partial charge in [-0.3, -0.25) is 14.2 Å². The van der Waals surface area contributed by atoms with E-state index in [2.05, 4.69) is 34.4 Å². The molecule has 264 valence electrons. The van der Waals surface area contributed by atoms with E-state index in [1.54, 1.807) is 25.3 Å². The molecule has 0 spiro atoms. The Labute approximate surface area is 278 Å². The van der Waals surface area contributed by atoms with Crippen molar-refractivity contribution in [2.75, 3.05) is 51.8 Å². The molecule has 49 heavy (non-hydrogen) atoms. The maximum atomic E-state index is 15.0. The summed E-state index contributed by atoms with van der Waals surface area (Å²) < 4.78 is 67.6. The fraction of sp³-hybridized carbons (Fsp3) is 0.364. The number of alkyl halides is 3.